The van der Waals surface area contributed by atoms with Crippen LogP contribution in [-0.4, -0.2) is 4.98 Å². The van der Waals surface area contributed by atoms with E-state index >= 15 is 0 Å². The Morgan fingerprint density at radius 1 is 1.27 bits per heavy atom. The lowest BCUT2D eigenvalue weighted by molar-refractivity contribution is 1.19. The topological polar surface area (TPSA) is 12.9 Å². The number of aromatic nitrogens is 1. The SMILES string of the molecule is C/C=C(\CC)c1nccc2ccccc12. The predicted octanol–water partition coefficient (Wildman–Crippen LogP) is 4.05. The molecule has 1 aromatic heterocycles. The normalized spacial score (nSPS) is 12.0. The van der Waals surface area contributed by atoms with Crippen LogP contribution in [0.5, 0.6) is 0 Å². The Balaban J connectivity index is 2.71. The standard InChI is InChI=1S/C14H15N/c1-3-11(4-2)14-13-8-6-5-7-12(13)9-10-15-14/h3,5-10H,4H2,1-2H3/b11-3+. The Hall–Kier alpha value is -1.63. The number of allylic oxidation sites excluding steroid dienone is 2. The Kier molecular flexibility index (Phi) is 2.82. The van der Waals surface area contributed by atoms with Crippen molar-refractivity contribution in [3.8, 4) is 0 Å². The monoisotopic (exact) mass is 197 g/mol. The van der Waals surface area contributed by atoms with Gasteiger partial charge in [0.25, 0.3) is 0 Å². The molecule has 1 heterocycles. The maximum atomic E-state index is 4.48. The summed E-state index contributed by atoms with van der Waals surface area (Å²) < 4.78 is 0. The van der Waals surface area contributed by atoms with Crippen molar-refractivity contribution in [2.24, 2.45) is 0 Å². The van der Waals surface area contributed by atoms with Crippen LogP contribution in [0, 0.1) is 0 Å². The Morgan fingerprint density at radius 3 is 2.80 bits per heavy atom. The van der Waals surface area contributed by atoms with Crippen molar-refractivity contribution in [3.05, 3.63) is 48.3 Å². The minimum atomic E-state index is 1.03. The summed E-state index contributed by atoms with van der Waals surface area (Å²) >= 11 is 0. The van der Waals surface area contributed by atoms with Crippen LogP contribution < -0.4 is 0 Å². The maximum Gasteiger partial charge on any atom is 0.0736 e. The van der Waals surface area contributed by atoms with Gasteiger partial charge in [0.2, 0.25) is 0 Å². The highest BCUT2D eigenvalue weighted by Crippen LogP contribution is 2.24. The van der Waals surface area contributed by atoms with Gasteiger partial charge in [0.05, 0.1) is 5.69 Å². The highest BCUT2D eigenvalue weighted by atomic mass is 14.7. The van der Waals surface area contributed by atoms with E-state index in [1.54, 1.807) is 0 Å². The van der Waals surface area contributed by atoms with Crippen LogP contribution in [0.3, 0.4) is 0 Å². The average Bonchev–Trinajstić information content (AvgIpc) is 2.31. The molecule has 0 saturated carbocycles. The van der Waals surface area contributed by atoms with E-state index in [4.69, 9.17) is 0 Å². The molecule has 0 fully saturated rings. The minimum Gasteiger partial charge on any atom is -0.256 e. The lowest BCUT2D eigenvalue weighted by Gasteiger charge is -2.07. The van der Waals surface area contributed by atoms with Crippen molar-refractivity contribution in [2.75, 3.05) is 0 Å². The fourth-order valence-corrected chi connectivity index (χ4v) is 1.88. The van der Waals surface area contributed by atoms with Gasteiger partial charge in [-0.05, 0) is 30.4 Å². The van der Waals surface area contributed by atoms with E-state index in [-0.39, 0.29) is 0 Å². The summed E-state index contributed by atoms with van der Waals surface area (Å²) in [5, 5.41) is 2.50. The molecule has 0 spiro atoms. The van der Waals surface area contributed by atoms with E-state index < -0.39 is 0 Å². The molecule has 76 valence electrons. The number of pyridine rings is 1. The Labute approximate surface area is 90.5 Å². The summed E-state index contributed by atoms with van der Waals surface area (Å²) in [6, 6.07) is 10.5. The van der Waals surface area contributed by atoms with Gasteiger partial charge in [-0.25, -0.2) is 0 Å². The molecule has 0 N–H and O–H groups in total. The molecule has 0 unspecified atom stereocenters. The van der Waals surface area contributed by atoms with Crippen molar-refractivity contribution in [1.29, 1.82) is 0 Å². The molecule has 15 heavy (non-hydrogen) atoms. The summed E-state index contributed by atoms with van der Waals surface area (Å²) in [6.07, 6.45) is 5.06. The molecule has 2 rings (SSSR count). The number of benzene rings is 1. The molecule has 0 aliphatic heterocycles. The summed E-state index contributed by atoms with van der Waals surface area (Å²) in [6.45, 7) is 4.24. The molecule has 0 atom stereocenters. The van der Waals surface area contributed by atoms with E-state index in [1.807, 2.05) is 6.20 Å². The number of rotatable bonds is 2. The first kappa shape index (κ1) is 9.91. The third kappa shape index (κ3) is 1.78. The van der Waals surface area contributed by atoms with E-state index in [2.05, 4.69) is 55.2 Å². The zero-order valence-electron chi connectivity index (χ0n) is 9.20. The van der Waals surface area contributed by atoms with Gasteiger partial charge in [-0.2, -0.15) is 0 Å². The molecule has 0 aliphatic carbocycles. The van der Waals surface area contributed by atoms with E-state index in [0.717, 1.165) is 12.1 Å². The lowest BCUT2D eigenvalue weighted by Crippen LogP contribution is -1.89. The molecule has 1 aromatic carbocycles. The average molecular weight is 197 g/mol. The van der Waals surface area contributed by atoms with Gasteiger partial charge in [-0.1, -0.05) is 37.3 Å². The van der Waals surface area contributed by atoms with E-state index in [9.17, 15) is 0 Å². The maximum absolute atomic E-state index is 4.48. The second kappa shape index (κ2) is 4.26. The number of nitrogens with zero attached hydrogens (tertiary/aromatic N) is 1. The first-order valence-electron chi connectivity index (χ1n) is 5.36. The number of hydrogen-bond donors (Lipinski definition) is 0. The Bertz CT molecular complexity index is 492. The molecule has 0 saturated heterocycles. The van der Waals surface area contributed by atoms with Crippen molar-refractivity contribution in [2.45, 2.75) is 20.3 Å². The smallest absolute Gasteiger partial charge is 0.0736 e. The summed E-state index contributed by atoms with van der Waals surface area (Å²) in [5.41, 5.74) is 2.44. The van der Waals surface area contributed by atoms with Crippen LogP contribution in [0.1, 0.15) is 26.0 Å². The second-order valence-corrected chi connectivity index (χ2v) is 3.55. The first-order chi connectivity index (χ1) is 7.36. The highest BCUT2D eigenvalue weighted by molar-refractivity contribution is 5.91. The first-order valence-corrected chi connectivity index (χ1v) is 5.36. The van der Waals surface area contributed by atoms with E-state index in [0.29, 0.717) is 0 Å². The third-order valence-electron chi connectivity index (χ3n) is 2.71. The van der Waals surface area contributed by atoms with Crippen molar-refractivity contribution < 1.29 is 0 Å². The highest BCUT2D eigenvalue weighted by Gasteiger charge is 2.04. The third-order valence-corrected chi connectivity index (χ3v) is 2.71. The number of fused-ring (bicyclic) bond motifs is 1. The molecular weight excluding hydrogens is 182 g/mol. The van der Waals surface area contributed by atoms with Crippen LogP contribution in [-0.2, 0) is 0 Å². The van der Waals surface area contributed by atoms with Gasteiger partial charge in [0.1, 0.15) is 0 Å². The molecule has 0 bridgehead atoms. The lowest BCUT2D eigenvalue weighted by atomic mass is 10.0. The van der Waals surface area contributed by atoms with Gasteiger partial charge in [-0.3, -0.25) is 4.98 Å². The quantitative estimate of drug-likeness (QED) is 0.707. The second-order valence-electron chi connectivity index (χ2n) is 3.55. The Morgan fingerprint density at radius 2 is 2.07 bits per heavy atom. The summed E-state index contributed by atoms with van der Waals surface area (Å²) in [5.74, 6) is 0. The van der Waals surface area contributed by atoms with E-state index in [1.165, 1.54) is 16.3 Å². The molecule has 1 nitrogen and oxygen atoms in total. The molecule has 0 aliphatic rings. The van der Waals surface area contributed by atoms with Crippen molar-refractivity contribution >= 4 is 16.3 Å². The minimum absolute atomic E-state index is 1.03. The largest absolute Gasteiger partial charge is 0.256 e. The zero-order valence-corrected chi connectivity index (χ0v) is 9.20. The van der Waals surface area contributed by atoms with Crippen LogP contribution in [0.2, 0.25) is 0 Å². The molecule has 2 aromatic rings. The number of hydrogen-bond acceptors (Lipinski definition) is 1. The van der Waals surface area contributed by atoms with Gasteiger partial charge in [0.15, 0.2) is 0 Å². The van der Waals surface area contributed by atoms with Crippen LogP contribution in [0.25, 0.3) is 16.3 Å². The van der Waals surface area contributed by atoms with Gasteiger partial charge in [-0.15, -0.1) is 0 Å². The zero-order chi connectivity index (χ0) is 10.7. The van der Waals surface area contributed by atoms with Crippen LogP contribution >= 0.6 is 0 Å². The molecule has 0 amide bonds. The van der Waals surface area contributed by atoms with Crippen molar-refractivity contribution in [3.63, 3.8) is 0 Å². The van der Waals surface area contributed by atoms with Gasteiger partial charge >= 0.3 is 0 Å². The van der Waals surface area contributed by atoms with Crippen molar-refractivity contribution in [1.82, 2.24) is 4.98 Å². The summed E-state index contributed by atoms with van der Waals surface area (Å²) in [7, 11) is 0. The molecule has 1 heteroatoms. The fraction of sp³-hybridized carbons (Fsp3) is 0.214. The fourth-order valence-electron chi connectivity index (χ4n) is 1.88. The van der Waals surface area contributed by atoms with Crippen LogP contribution in [0.4, 0.5) is 0 Å². The summed E-state index contributed by atoms with van der Waals surface area (Å²) in [4.78, 5) is 4.48. The molecule has 0 radical (unpaired) electrons. The molecular formula is C14H15N. The van der Waals surface area contributed by atoms with Gasteiger partial charge < -0.3 is 0 Å². The van der Waals surface area contributed by atoms with Gasteiger partial charge in [0, 0.05) is 11.6 Å². The van der Waals surface area contributed by atoms with Crippen LogP contribution in [0.15, 0.2) is 42.6 Å². The predicted molar refractivity (Wildman–Crippen MR) is 65.7 cm³/mol.